The summed E-state index contributed by atoms with van der Waals surface area (Å²) < 4.78 is 38.8. The third-order valence-corrected chi connectivity index (χ3v) is 1.75. The highest BCUT2D eigenvalue weighted by atomic mass is 19.1. The summed E-state index contributed by atoms with van der Waals surface area (Å²) in [5.74, 6) is -2.80. The lowest BCUT2D eigenvalue weighted by molar-refractivity contribution is 0.548. The molecule has 0 aliphatic heterocycles. The standard InChI is InChI=1S/C9H6F3N3/c10-5-3-6(11)8(7(12)4-5)15-9-13-1-2-14-9/h1-4H,(H2,13,14,15). The minimum atomic E-state index is -1.01. The van der Waals surface area contributed by atoms with Crippen molar-refractivity contribution < 1.29 is 13.2 Å². The van der Waals surface area contributed by atoms with Crippen LogP contribution in [0.5, 0.6) is 0 Å². The summed E-state index contributed by atoms with van der Waals surface area (Å²) in [6.07, 6.45) is 2.91. The van der Waals surface area contributed by atoms with Crippen LogP contribution >= 0.6 is 0 Å². The van der Waals surface area contributed by atoms with Gasteiger partial charge in [0.1, 0.15) is 11.5 Å². The van der Waals surface area contributed by atoms with E-state index >= 15 is 0 Å². The molecule has 1 aromatic heterocycles. The summed E-state index contributed by atoms with van der Waals surface area (Å²) in [6.45, 7) is 0. The topological polar surface area (TPSA) is 40.7 Å². The Labute approximate surface area is 83.0 Å². The molecule has 0 saturated heterocycles. The normalized spacial score (nSPS) is 10.3. The smallest absolute Gasteiger partial charge is 0.204 e. The predicted octanol–water partition coefficient (Wildman–Crippen LogP) is 2.57. The Morgan fingerprint density at radius 1 is 1.13 bits per heavy atom. The molecule has 0 fully saturated rings. The number of nitrogens with zero attached hydrogens (tertiary/aromatic N) is 1. The van der Waals surface area contributed by atoms with Crippen LogP contribution in [-0.4, -0.2) is 9.97 Å². The monoisotopic (exact) mass is 213 g/mol. The van der Waals surface area contributed by atoms with Crippen LogP contribution in [-0.2, 0) is 0 Å². The molecule has 0 aliphatic rings. The van der Waals surface area contributed by atoms with Crippen molar-refractivity contribution in [2.24, 2.45) is 0 Å². The Hall–Kier alpha value is -1.98. The van der Waals surface area contributed by atoms with E-state index in [0.717, 1.165) is 0 Å². The zero-order valence-electron chi connectivity index (χ0n) is 7.39. The molecule has 2 N–H and O–H groups in total. The third-order valence-electron chi connectivity index (χ3n) is 1.75. The van der Waals surface area contributed by atoms with E-state index in [0.29, 0.717) is 12.1 Å². The number of aromatic amines is 1. The van der Waals surface area contributed by atoms with Gasteiger partial charge in [-0.1, -0.05) is 0 Å². The van der Waals surface area contributed by atoms with Gasteiger partial charge < -0.3 is 10.3 Å². The fourth-order valence-corrected chi connectivity index (χ4v) is 1.11. The maximum Gasteiger partial charge on any atom is 0.204 e. The number of halogens is 3. The van der Waals surface area contributed by atoms with Crippen molar-refractivity contribution in [3.05, 3.63) is 42.0 Å². The number of hydrogen-bond donors (Lipinski definition) is 2. The molecule has 0 saturated carbocycles. The zero-order chi connectivity index (χ0) is 10.8. The molecule has 15 heavy (non-hydrogen) atoms. The fourth-order valence-electron chi connectivity index (χ4n) is 1.11. The lowest BCUT2D eigenvalue weighted by Gasteiger charge is -2.05. The van der Waals surface area contributed by atoms with Crippen LogP contribution < -0.4 is 5.32 Å². The first-order valence-electron chi connectivity index (χ1n) is 4.08. The number of imidazole rings is 1. The summed E-state index contributed by atoms with van der Waals surface area (Å²) in [7, 11) is 0. The Morgan fingerprint density at radius 2 is 1.80 bits per heavy atom. The lowest BCUT2D eigenvalue weighted by atomic mass is 10.3. The number of anilines is 2. The minimum absolute atomic E-state index is 0.180. The number of aromatic nitrogens is 2. The van der Waals surface area contributed by atoms with Gasteiger partial charge in [-0.05, 0) is 0 Å². The van der Waals surface area contributed by atoms with Gasteiger partial charge in [0.2, 0.25) is 5.95 Å². The SMILES string of the molecule is Fc1cc(F)c(Nc2ncc[nH]2)c(F)c1. The molecule has 6 heteroatoms. The second kappa shape index (κ2) is 3.64. The minimum Gasteiger partial charge on any atom is -0.331 e. The van der Waals surface area contributed by atoms with Crippen molar-refractivity contribution in [2.45, 2.75) is 0 Å². The summed E-state index contributed by atoms with van der Waals surface area (Å²) in [5.41, 5.74) is -0.439. The van der Waals surface area contributed by atoms with Crippen LogP contribution in [0.1, 0.15) is 0 Å². The van der Waals surface area contributed by atoms with Crippen LogP contribution in [0.3, 0.4) is 0 Å². The molecular weight excluding hydrogens is 207 g/mol. The Balaban J connectivity index is 2.36. The van der Waals surface area contributed by atoms with Crippen molar-refractivity contribution in [3.8, 4) is 0 Å². The van der Waals surface area contributed by atoms with E-state index in [1.165, 1.54) is 12.4 Å². The third kappa shape index (κ3) is 1.93. The van der Waals surface area contributed by atoms with Crippen molar-refractivity contribution in [1.29, 1.82) is 0 Å². The summed E-state index contributed by atoms with van der Waals surface area (Å²) in [5, 5.41) is 2.36. The van der Waals surface area contributed by atoms with E-state index in [1.807, 2.05) is 0 Å². The second-order valence-corrected chi connectivity index (χ2v) is 2.81. The van der Waals surface area contributed by atoms with Crippen LogP contribution in [0, 0.1) is 17.5 Å². The highest BCUT2D eigenvalue weighted by molar-refractivity contribution is 5.54. The van der Waals surface area contributed by atoms with Gasteiger partial charge in [0, 0.05) is 24.5 Å². The maximum absolute atomic E-state index is 13.1. The number of nitrogens with one attached hydrogen (secondary N) is 2. The van der Waals surface area contributed by atoms with Gasteiger partial charge in [-0.2, -0.15) is 0 Å². The summed E-state index contributed by atoms with van der Waals surface area (Å²) in [4.78, 5) is 6.33. The van der Waals surface area contributed by atoms with E-state index in [9.17, 15) is 13.2 Å². The molecule has 1 aromatic carbocycles. The molecule has 0 radical (unpaired) electrons. The second-order valence-electron chi connectivity index (χ2n) is 2.81. The largest absolute Gasteiger partial charge is 0.331 e. The average molecular weight is 213 g/mol. The van der Waals surface area contributed by atoms with Crippen LogP contribution in [0.15, 0.2) is 24.5 Å². The molecule has 78 valence electrons. The summed E-state index contributed by atoms with van der Waals surface area (Å²) in [6, 6.07) is 1.18. The molecule has 0 unspecified atom stereocenters. The van der Waals surface area contributed by atoms with Crippen molar-refractivity contribution >= 4 is 11.6 Å². The first-order chi connectivity index (χ1) is 7.16. The van der Waals surface area contributed by atoms with E-state index < -0.39 is 23.1 Å². The molecule has 0 aliphatic carbocycles. The van der Waals surface area contributed by atoms with E-state index in [-0.39, 0.29) is 5.95 Å². The van der Waals surface area contributed by atoms with Crippen molar-refractivity contribution in [2.75, 3.05) is 5.32 Å². The lowest BCUT2D eigenvalue weighted by Crippen LogP contribution is -1.99. The van der Waals surface area contributed by atoms with Crippen LogP contribution in [0.25, 0.3) is 0 Å². The van der Waals surface area contributed by atoms with Gasteiger partial charge in [0.25, 0.3) is 0 Å². The molecule has 2 aromatic rings. The van der Waals surface area contributed by atoms with Gasteiger partial charge in [0.05, 0.1) is 0 Å². The van der Waals surface area contributed by atoms with Crippen LogP contribution in [0.2, 0.25) is 0 Å². The Kier molecular flexibility index (Phi) is 2.32. The molecule has 3 nitrogen and oxygen atoms in total. The van der Waals surface area contributed by atoms with Gasteiger partial charge >= 0.3 is 0 Å². The number of benzene rings is 1. The number of rotatable bonds is 2. The molecule has 0 amide bonds. The average Bonchev–Trinajstić information content (AvgIpc) is 2.63. The molecule has 1 heterocycles. The Morgan fingerprint density at radius 3 is 2.33 bits per heavy atom. The molecule has 0 bridgehead atoms. The number of H-pyrrole nitrogens is 1. The Bertz CT molecular complexity index is 444. The van der Waals surface area contributed by atoms with Crippen LogP contribution in [0.4, 0.5) is 24.8 Å². The quantitative estimate of drug-likeness (QED) is 0.804. The van der Waals surface area contributed by atoms with Gasteiger partial charge in [-0.15, -0.1) is 0 Å². The first kappa shape index (κ1) is 9.57. The zero-order valence-corrected chi connectivity index (χ0v) is 7.39. The van der Waals surface area contributed by atoms with E-state index in [2.05, 4.69) is 15.3 Å². The molecule has 2 rings (SSSR count). The highest BCUT2D eigenvalue weighted by Gasteiger charge is 2.11. The summed E-state index contributed by atoms with van der Waals surface area (Å²) >= 11 is 0. The fraction of sp³-hybridized carbons (Fsp3) is 0. The van der Waals surface area contributed by atoms with E-state index in [1.54, 1.807) is 0 Å². The molecular formula is C9H6F3N3. The van der Waals surface area contributed by atoms with Crippen molar-refractivity contribution in [1.82, 2.24) is 9.97 Å². The van der Waals surface area contributed by atoms with Gasteiger partial charge in [-0.25, -0.2) is 18.2 Å². The molecule has 0 atom stereocenters. The van der Waals surface area contributed by atoms with Gasteiger partial charge in [-0.3, -0.25) is 0 Å². The van der Waals surface area contributed by atoms with Gasteiger partial charge in [0.15, 0.2) is 11.6 Å². The highest BCUT2D eigenvalue weighted by Crippen LogP contribution is 2.22. The maximum atomic E-state index is 13.1. The predicted molar refractivity (Wildman–Crippen MR) is 48.2 cm³/mol. The first-order valence-corrected chi connectivity index (χ1v) is 4.08. The molecule has 0 spiro atoms. The van der Waals surface area contributed by atoms with Crippen molar-refractivity contribution in [3.63, 3.8) is 0 Å². The number of hydrogen-bond acceptors (Lipinski definition) is 2. The van der Waals surface area contributed by atoms with E-state index in [4.69, 9.17) is 0 Å².